The molecule has 1 aliphatic heterocycles. The van der Waals surface area contributed by atoms with Crippen LogP contribution in [0.1, 0.15) is 23.6 Å². The van der Waals surface area contributed by atoms with Crippen molar-refractivity contribution in [1.29, 1.82) is 0 Å². The van der Waals surface area contributed by atoms with E-state index in [1.165, 1.54) is 6.20 Å². The zero-order valence-electron chi connectivity index (χ0n) is 17.0. The van der Waals surface area contributed by atoms with Crippen LogP contribution in [-0.2, 0) is 11.2 Å². The van der Waals surface area contributed by atoms with Crippen molar-refractivity contribution >= 4 is 16.9 Å². The second-order valence-electron chi connectivity index (χ2n) is 7.91. The fourth-order valence-electron chi connectivity index (χ4n) is 4.02. The largest absolute Gasteiger partial charge is 0.392 e. The molecule has 2 heterocycles. The molecule has 1 amide bonds. The zero-order chi connectivity index (χ0) is 21.1. The number of fused-ring (bicyclic) bond motifs is 1. The predicted octanol–water partition coefficient (Wildman–Crippen LogP) is 1.73. The van der Waals surface area contributed by atoms with Gasteiger partial charge >= 0.3 is 0 Å². The summed E-state index contributed by atoms with van der Waals surface area (Å²) >= 11 is 0. The molecule has 7 nitrogen and oxygen atoms in total. The molecule has 2 aromatic carbocycles. The van der Waals surface area contributed by atoms with Gasteiger partial charge in [-0.05, 0) is 29.7 Å². The molecule has 0 aliphatic carbocycles. The third kappa shape index (κ3) is 4.58. The van der Waals surface area contributed by atoms with Gasteiger partial charge in [-0.1, -0.05) is 36.4 Å². The molecule has 4 rings (SSSR count). The molecule has 1 aliphatic rings. The lowest BCUT2D eigenvalue weighted by Crippen LogP contribution is -2.39. The van der Waals surface area contributed by atoms with Crippen LogP contribution in [0.25, 0.3) is 11.0 Å². The van der Waals surface area contributed by atoms with Gasteiger partial charge < -0.3 is 15.0 Å². The second-order valence-corrected chi connectivity index (χ2v) is 7.91. The summed E-state index contributed by atoms with van der Waals surface area (Å²) in [6, 6.07) is 15.4. The maximum Gasteiger partial charge on any atom is 0.266 e. The van der Waals surface area contributed by atoms with E-state index in [9.17, 15) is 14.7 Å². The number of benzene rings is 2. The molecule has 2 atom stereocenters. The Bertz CT molecular complexity index is 1080. The number of carbonyl (C=O) groups is 1. The number of carbonyl (C=O) groups excluding carboxylic acids is 1. The number of likely N-dealkylation sites (tertiary alicyclic amines) is 1. The van der Waals surface area contributed by atoms with Crippen molar-refractivity contribution in [2.75, 3.05) is 26.7 Å². The third-order valence-corrected chi connectivity index (χ3v) is 5.72. The van der Waals surface area contributed by atoms with Crippen LogP contribution in [-0.4, -0.2) is 63.6 Å². The molecule has 0 spiro atoms. The Morgan fingerprint density at radius 2 is 2.10 bits per heavy atom. The van der Waals surface area contributed by atoms with Crippen molar-refractivity contribution in [3.05, 3.63) is 76.2 Å². The minimum Gasteiger partial charge on any atom is -0.392 e. The van der Waals surface area contributed by atoms with Crippen LogP contribution in [0, 0.1) is 0 Å². The summed E-state index contributed by atoms with van der Waals surface area (Å²) in [4.78, 5) is 35.5. The average Bonchev–Trinajstić information content (AvgIpc) is 3.16. The standard InChI is InChI=1S/C23H26N4O3/c1-26(21(17-5-3-2-4-6-17)15-27-10-9-18(28)14-27)23(30)12-16-7-8-19-20(11-16)25-22(29)13-24-19/h2-8,11,13,18,21,28H,9-10,12,14-15H2,1H3,(H,25,29)/t18-,21?/m0/s1. The summed E-state index contributed by atoms with van der Waals surface area (Å²) in [7, 11) is 1.83. The first-order valence-electron chi connectivity index (χ1n) is 10.2. The number of likely N-dealkylation sites (N-methyl/N-ethyl adjacent to an activating group) is 1. The molecule has 7 heteroatoms. The van der Waals surface area contributed by atoms with Crippen LogP contribution in [0.3, 0.4) is 0 Å². The summed E-state index contributed by atoms with van der Waals surface area (Å²) < 4.78 is 0. The van der Waals surface area contributed by atoms with Crippen molar-refractivity contribution in [2.45, 2.75) is 25.0 Å². The number of nitrogens with zero attached hydrogens (tertiary/aromatic N) is 3. The van der Waals surface area contributed by atoms with E-state index in [0.29, 0.717) is 24.1 Å². The van der Waals surface area contributed by atoms with E-state index in [4.69, 9.17) is 0 Å². The molecule has 0 saturated carbocycles. The molecule has 1 fully saturated rings. The molecule has 0 radical (unpaired) electrons. The van der Waals surface area contributed by atoms with Crippen LogP contribution in [0.4, 0.5) is 0 Å². The van der Waals surface area contributed by atoms with E-state index >= 15 is 0 Å². The Kier molecular flexibility index (Phi) is 5.92. The Morgan fingerprint density at radius 1 is 1.30 bits per heavy atom. The molecule has 1 saturated heterocycles. The van der Waals surface area contributed by atoms with E-state index < -0.39 is 0 Å². The van der Waals surface area contributed by atoms with Crippen molar-refractivity contribution in [3.8, 4) is 0 Å². The van der Waals surface area contributed by atoms with E-state index in [-0.39, 0.29) is 30.0 Å². The van der Waals surface area contributed by atoms with Crippen LogP contribution >= 0.6 is 0 Å². The van der Waals surface area contributed by atoms with Gasteiger partial charge in [-0.3, -0.25) is 14.5 Å². The molecule has 2 N–H and O–H groups in total. The van der Waals surface area contributed by atoms with Crippen molar-refractivity contribution < 1.29 is 9.90 Å². The number of hydrogen-bond donors (Lipinski definition) is 2. The first-order chi connectivity index (χ1) is 14.5. The number of nitrogens with one attached hydrogen (secondary N) is 1. The van der Waals surface area contributed by atoms with Crippen LogP contribution in [0.15, 0.2) is 59.5 Å². The number of aromatic amines is 1. The number of β-amino-alcohol motifs (C(OH)–C–C–N with tert-alkyl or cyclic N) is 1. The van der Waals surface area contributed by atoms with Gasteiger partial charge in [-0.15, -0.1) is 0 Å². The fraction of sp³-hybridized carbons (Fsp3) is 0.348. The lowest BCUT2D eigenvalue weighted by atomic mass is 10.0. The number of aliphatic hydroxyl groups is 1. The molecule has 1 aromatic heterocycles. The lowest BCUT2D eigenvalue weighted by molar-refractivity contribution is -0.131. The Balaban J connectivity index is 1.53. The Hall–Kier alpha value is -3.03. The van der Waals surface area contributed by atoms with Crippen LogP contribution in [0.5, 0.6) is 0 Å². The van der Waals surface area contributed by atoms with Gasteiger partial charge in [0.1, 0.15) is 0 Å². The normalized spacial score (nSPS) is 17.9. The highest BCUT2D eigenvalue weighted by Crippen LogP contribution is 2.24. The number of aliphatic hydroxyl groups excluding tert-OH is 1. The predicted molar refractivity (Wildman–Crippen MR) is 115 cm³/mol. The molecule has 156 valence electrons. The number of hydrogen-bond acceptors (Lipinski definition) is 5. The van der Waals surface area contributed by atoms with Gasteiger partial charge in [0, 0.05) is 26.7 Å². The van der Waals surface area contributed by atoms with Crippen molar-refractivity contribution in [1.82, 2.24) is 19.8 Å². The summed E-state index contributed by atoms with van der Waals surface area (Å²) in [5.74, 6) is -0.00538. The summed E-state index contributed by atoms with van der Waals surface area (Å²) in [6.07, 6.45) is 1.95. The monoisotopic (exact) mass is 406 g/mol. The van der Waals surface area contributed by atoms with Gasteiger partial charge in [0.15, 0.2) is 0 Å². The first-order valence-corrected chi connectivity index (χ1v) is 10.2. The molecule has 30 heavy (non-hydrogen) atoms. The highest BCUT2D eigenvalue weighted by atomic mass is 16.3. The van der Waals surface area contributed by atoms with E-state index in [0.717, 1.165) is 24.1 Å². The van der Waals surface area contributed by atoms with Gasteiger partial charge in [0.2, 0.25) is 5.91 Å². The molecule has 3 aromatic rings. The number of H-pyrrole nitrogens is 1. The van der Waals surface area contributed by atoms with E-state index in [1.807, 2.05) is 55.6 Å². The van der Waals surface area contributed by atoms with Crippen LogP contribution < -0.4 is 5.56 Å². The lowest BCUT2D eigenvalue weighted by Gasteiger charge is -2.32. The van der Waals surface area contributed by atoms with Crippen LogP contribution in [0.2, 0.25) is 0 Å². The number of amides is 1. The van der Waals surface area contributed by atoms with Crippen molar-refractivity contribution in [3.63, 3.8) is 0 Å². The minimum atomic E-state index is -0.296. The minimum absolute atomic E-state index is 0.00538. The second kappa shape index (κ2) is 8.77. The third-order valence-electron chi connectivity index (χ3n) is 5.72. The van der Waals surface area contributed by atoms with Gasteiger partial charge in [-0.25, -0.2) is 4.98 Å². The van der Waals surface area contributed by atoms with Gasteiger partial charge in [0.25, 0.3) is 5.56 Å². The molecular formula is C23H26N4O3. The van der Waals surface area contributed by atoms with E-state index in [1.54, 1.807) is 4.90 Å². The summed E-state index contributed by atoms with van der Waals surface area (Å²) in [5.41, 5.74) is 2.95. The smallest absolute Gasteiger partial charge is 0.266 e. The Morgan fingerprint density at radius 3 is 2.83 bits per heavy atom. The maximum atomic E-state index is 13.1. The highest BCUT2D eigenvalue weighted by molar-refractivity contribution is 5.81. The average molecular weight is 406 g/mol. The van der Waals surface area contributed by atoms with Crippen molar-refractivity contribution in [2.24, 2.45) is 0 Å². The van der Waals surface area contributed by atoms with Gasteiger partial charge in [-0.2, -0.15) is 0 Å². The molecular weight excluding hydrogens is 380 g/mol. The number of rotatable bonds is 6. The quantitative estimate of drug-likeness (QED) is 0.651. The number of aromatic nitrogens is 2. The first kappa shape index (κ1) is 20.3. The summed E-state index contributed by atoms with van der Waals surface area (Å²) in [5, 5.41) is 9.88. The Labute approximate surface area is 175 Å². The highest BCUT2D eigenvalue weighted by Gasteiger charge is 2.28. The van der Waals surface area contributed by atoms with E-state index in [2.05, 4.69) is 14.9 Å². The summed E-state index contributed by atoms with van der Waals surface area (Å²) in [6.45, 7) is 2.15. The van der Waals surface area contributed by atoms with Gasteiger partial charge in [0.05, 0.1) is 35.8 Å². The zero-order valence-corrected chi connectivity index (χ0v) is 17.0. The maximum absolute atomic E-state index is 13.1. The topological polar surface area (TPSA) is 89.5 Å². The molecule has 1 unspecified atom stereocenters. The SMILES string of the molecule is CN(C(=O)Cc1ccc2ncc(=O)[nH]c2c1)C(CN1CC[C@H](O)C1)c1ccccc1. The fourth-order valence-corrected chi connectivity index (χ4v) is 4.02. The molecule has 0 bridgehead atoms.